The van der Waals surface area contributed by atoms with E-state index < -0.39 is 0 Å². The fraction of sp³-hybridized carbons (Fsp3) is 0.538. The molecule has 2 aromatic heterocycles. The van der Waals surface area contributed by atoms with Gasteiger partial charge in [-0.15, -0.1) is 0 Å². The summed E-state index contributed by atoms with van der Waals surface area (Å²) in [4.78, 5) is 29.3. The lowest BCUT2D eigenvalue weighted by atomic mass is 10.3. The van der Waals surface area contributed by atoms with Crippen LogP contribution in [0.4, 0.5) is 0 Å². The number of amides is 1. The van der Waals surface area contributed by atoms with Crippen LogP contribution in [0.5, 0.6) is 0 Å². The molecule has 1 aliphatic heterocycles. The lowest BCUT2D eigenvalue weighted by Crippen LogP contribution is -2.38. The Morgan fingerprint density at radius 3 is 3.10 bits per heavy atom. The van der Waals surface area contributed by atoms with Crippen LogP contribution in [0.3, 0.4) is 0 Å². The molecule has 0 aromatic carbocycles. The number of morpholine rings is 1. The lowest BCUT2D eigenvalue weighted by Gasteiger charge is -2.26. The van der Waals surface area contributed by atoms with Crippen molar-refractivity contribution in [1.82, 2.24) is 30.2 Å². The van der Waals surface area contributed by atoms with E-state index in [9.17, 15) is 4.79 Å². The highest BCUT2D eigenvalue weighted by Gasteiger charge is 2.12. The molecule has 1 saturated heterocycles. The number of aromatic amines is 1. The van der Waals surface area contributed by atoms with Crippen molar-refractivity contribution >= 4 is 17.1 Å². The number of carbonyl (C=O) groups is 1. The van der Waals surface area contributed by atoms with Crippen LogP contribution < -0.4 is 5.32 Å². The van der Waals surface area contributed by atoms with E-state index in [1.165, 1.54) is 6.33 Å². The molecule has 1 aliphatic rings. The molecule has 3 heterocycles. The molecule has 0 atom stereocenters. The van der Waals surface area contributed by atoms with Crippen molar-refractivity contribution in [3.8, 4) is 0 Å². The molecule has 8 nitrogen and oxygen atoms in total. The Labute approximate surface area is 121 Å². The summed E-state index contributed by atoms with van der Waals surface area (Å²) >= 11 is 0. The molecule has 1 fully saturated rings. The molecule has 0 unspecified atom stereocenters. The van der Waals surface area contributed by atoms with Gasteiger partial charge in [0.2, 0.25) is 5.82 Å². The summed E-state index contributed by atoms with van der Waals surface area (Å²) in [7, 11) is 0. The largest absolute Gasteiger partial charge is 0.379 e. The first-order valence-corrected chi connectivity index (χ1v) is 7.07. The normalized spacial score (nSPS) is 16.2. The highest BCUT2D eigenvalue weighted by molar-refractivity contribution is 5.91. The summed E-state index contributed by atoms with van der Waals surface area (Å²) < 4.78 is 5.29. The van der Waals surface area contributed by atoms with Gasteiger partial charge >= 0.3 is 0 Å². The van der Waals surface area contributed by atoms with E-state index in [4.69, 9.17) is 4.74 Å². The zero-order valence-electron chi connectivity index (χ0n) is 11.7. The number of H-pyrrole nitrogens is 1. The molecule has 0 radical (unpaired) electrons. The molecule has 3 rings (SSSR count). The second-order valence-electron chi connectivity index (χ2n) is 4.89. The van der Waals surface area contributed by atoms with Crippen molar-refractivity contribution < 1.29 is 9.53 Å². The summed E-state index contributed by atoms with van der Waals surface area (Å²) in [5, 5.41) is 2.84. The highest BCUT2D eigenvalue weighted by Crippen LogP contribution is 2.04. The van der Waals surface area contributed by atoms with Crippen molar-refractivity contribution in [2.45, 2.75) is 6.42 Å². The van der Waals surface area contributed by atoms with Crippen LogP contribution in [-0.4, -0.2) is 70.1 Å². The van der Waals surface area contributed by atoms with Gasteiger partial charge in [0.25, 0.3) is 5.91 Å². The van der Waals surface area contributed by atoms with E-state index in [1.807, 2.05) is 0 Å². The predicted octanol–water partition coefficient (Wildman–Crippen LogP) is -0.195. The number of aromatic nitrogens is 4. The molecule has 2 aromatic rings. The first-order valence-electron chi connectivity index (χ1n) is 7.07. The van der Waals surface area contributed by atoms with Gasteiger partial charge in [-0.2, -0.15) is 0 Å². The van der Waals surface area contributed by atoms with Crippen LogP contribution in [0.15, 0.2) is 12.5 Å². The van der Waals surface area contributed by atoms with Crippen LogP contribution in [-0.2, 0) is 4.74 Å². The van der Waals surface area contributed by atoms with Gasteiger partial charge in [-0.05, 0) is 13.0 Å². The molecular weight excluding hydrogens is 272 g/mol. The van der Waals surface area contributed by atoms with Crippen molar-refractivity contribution in [2.24, 2.45) is 0 Å². The summed E-state index contributed by atoms with van der Waals surface area (Å²) in [5.74, 6) is -0.0911. The fourth-order valence-corrected chi connectivity index (χ4v) is 2.26. The Balaban J connectivity index is 1.45. The summed E-state index contributed by atoms with van der Waals surface area (Å²) in [6.07, 6.45) is 3.98. The minimum atomic E-state index is -0.256. The van der Waals surface area contributed by atoms with E-state index in [0.29, 0.717) is 17.7 Å². The zero-order chi connectivity index (χ0) is 14.5. The molecule has 0 saturated carbocycles. The Bertz CT molecular complexity index is 607. The zero-order valence-corrected chi connectivity index (χ0v) is 11.7. The average molecular weight is 290 g/mol. The van der Waals surface area contributed by atoms with E-state index >= 15 is 0 Å². The maximum absolute atomic E-state index is 12.0. The third-order valence-electron chi connectivity index (χ3n) is 3.42. The van der Waals surface area contributed by atoms with Crippen molar-refractivity contribution in [1.29, 1.82) is 0 Å². The second kappa shape index (κ2) is 6.59. The topological polar surface area (TPSA) is 96.0 Å². The molecule has 0 aliphatic carbocycles. The smallest absolute Gasteiger partial charge is 0.289 e. The Morgan fingerprint density at radius 2 is 2.24 bits per heavy atom. The van der Waals surface area contributed by atoms with Gasteiger partial charge in [0.05, 0.1) is 25.7 Å². The van der Waals surface area contributed by atoms with Gasteiger partial charge in [-0.25, -0.2) is 15.0 Å². The molecule has 21 heavy (non-hydrogen) atoms. The van der Waals surface area contributed by atoms with Crippen molar-refractivity contribution in [3.63, 3.8) is 0 Å². The minimum Gasteiger partial charge on any atom is -0.379 e. The molecule has 112 valence electrons. The van der Waals surface area contributed by atoms with Crippen LogP contribution in [0.25, 0.3) is 11.2 Å². The third-order valence-corrected chi connectivity index (χ3v) is 3.42. The molecule has 8 heteroatoms. The van der Waals surface area contributed by atoms with Crippen molar-refractivity contribution in [2.75, 3.05) is 39.4 Å². The monoisotopic (exact) mass is 290 g/mol. The summed E-state index contributed by atoms with van der Waals surface area (Å²) in [5.41, 5.74) is 1.22. The Hall–Kier alpha value is -2.06. The Morgan fingerprint density at radius 1 is 1.38 bits per heavy atom. The van der Waals surface area contributed by atoms with Gasteiger partial charge in [-0.3, -0.25) is 9.69 Å². The number of ether oxygens (including phenoxy) is 1. The standard InChI is InChI=1S/C13H18N6O2/c20-13(12-15-8-10-11(18-12)17-9-16-10)14-2-1-3-19-4-6-21-7-5-19/h8-9H,1-7H2,(H,14,20)(H,15,16,17,18). The second-order valence-corrected chi connectivity index (χ2v) is 4.89. The number of hydrogen-bond acceptors (Lipinski definition) is 6. The van der Waals surface area contributed by atoms with Crippen molar-refractivity contribution in [3.05, 3.63) is 18.3 Å². The third kappa shape index (κ3) is 3.53. The molecule has 2 N–H and O–H groups in total. The number of imidazole rings is 1. The Kier molecular flexibility index (Phi) is 4.37. The number of fused-ring (bicyclic) bond motifs is 1. The number of hydrogen-bond donors (Lipinski definition) is 2. The quantitative estimate of drug-likeness (QED) is 0.741. The first kappa shape index (κ1) is 13.9. The van der Waals surface area contributed by atoms with Gasteiger partial charge in [0.1, 0.15) is 5.52 Å². The van der Waals surface area contributed by atoms with Gasteiger partial charge in [0.15, 0.2) is 5.65 Å². The lowest BCUT2D eigenvalue weighted by molar-refractivity contribution is 0.0374. The van der Waals surface area contributed by atoms with E-state index in [2.05, 4.69) is 30.2 Å². The van der Waals surface area contributed by atoms with E-state index in [0.717, 1.165) is 39.3 Å². The fourth-order valence-electron chi connectivity index (χ4n) is 2.26. The minimum absolute atomic E-state index is 0.165. The van der Waals surface area contributed by atoms with Crippen LogP contribution in [0.1, 0.15) is 17.0 Å². The first-order chi connectivity index (χ1) is 10.3. The maximum atomic E-state index is 12.0. The number of nitrogens with one attached hydrogen (secondary N) is 2. The summed E-state index contributed by atoms with van der Waals surface area (Å²) in [6.45, 7) is 5.10. The molecule has 0 bridgehead atoms. The van der Waals surface area contributed by atoms with E-state index in [-0.39, 0.29) is 11.7 Å². The number of carbonyl (C=O) groups excluding carboxylic acids is 1. The van der Waals surface area contributed by atoms with Crippen LogP contribution in [0.2, 0.25) is 0 Å². The molecular formula is C13H18N6O2. The molecule has 0 spiro atoms. The number of nitrogens with zero attached hydrogens (tertiary/aromatic N) is 4. The highest BCUT2D eigenvalue weighted by atomic mass is 16.5. The average Bonchev–Trinajstić information content (AvgIpc) is 3.00. The van der Waals surface area contributed by atoms with Gasteiger partial charge in [-0.1, -0.05) is 0 Å². The van der Waals surface area contributed by atoms with Crippen LogP contribution in [0, 0.1) is 0 Å². The van der Waals surface area contributed by atoms with Gasteiger partial charge in [0, 0.05) is 19.6 Å². The maximum Gasteiger partial charge on any atom is 0.289 e. The van der Waals surface area contributed by atoms with Crippen LogP contribution >= 0.6 is 0 Å². The summed E-state index contributed by atoms with van der Waals surface area (Å²) in [6, 6.07) is 0. The SMILES string of the molecule is O=C(NCCCN1CCOCC1)c1ncc2nc[nH]c2n1. The van der Waals surface area contributed by atoms with E-state index in [1.54, 1.807) is 6.20 Å². The van der Waals surface area contributed by atoms with Gasteiger partial charge < -0.3 is 15.0 Å². The predicted molar refractivity (Wildman–Crippen MR) is 75.9 cm³/mol. The molecule has 1 amide bonds. The number of rotatable bonds is 5.